The smallest absolute Gasteiger partial charge is 0.149 e. The molecule has 0 atom stereocenters. The Morgan fingerprint density at radius 2 is 2.07 bits per heavy atom. The van der Waals surface area contributed by atoms with Crippen LogP contribution in [-0.2, 0) is 0 Å². The van der Waals surface area contributed by atoms with Crippen LogP contribution in [0, 0.1) is 5.82 Å². The van der Waals surface area contributed by atoms with Crippen LogP contribution in [0.2, 0.25) is 5.02 Å². The number of phenols is 1. The molecule has 1 aromatic carbocycles. The molecular formula is C11H7ClFNO. The Morgan fingerprint density at radius 1 is 1.27 bits per heavy atom. The summed E-state index contributed by atoms with van der Waals surface area (Å²) in [6.07, 6.45) is 1.46. The summed E-state index contributed by atoms with van der Waals surface area (Å²) in [7, 11) is 0. The predicted molar refractivity (Wildman–Crippen MR) is 56.3 cm³/mol. The van der Waals surface area contributed by atoms with Crippen molar-refractivity contribution in [2.24, 2.45) is 0 Å². The number of halogens is 2. The zero-order chi connectivity index (χ0) is 10.8. The summed E-state index contributed by atoms with van der Waals surface area (Å²) in [5, 5.41) is 9.97. The molecule has 2 nitrogen and oxygen atoms in total. The molecule has 0 radical (unpaired) electrons. The van der Waals surface area contributed by atoms with Gasteiger partial charge in [-0.2, -0.15) is 0 Å². The lowest BCUT2D eigenvalue weighted by Crippen LogP contribution is -1.88. The first-order valence-corrected chi connectivity index (χ1v) is 4.65. The molecule has 0 aliphatic rings. The molecular weight excluding hydrogens is 217 g/mol. The number of rotatable bonds is 1. The molecule has 76 valence electrons. The Labute approximate surface area is 91.0 Å². The third kappa shape index (κ3) is 1.92. The van der Waals surface area contributed by atoms with E-state index in [0.717, 1.165) is 0 Å². The number of aromatic nitrogens is 1. The Morgan fingerprint density at radius 3 is 2.73 bits per heavy atom. The van der Waals surface area contributed by atoms with Gasteiger partial charge in [0.05, 0.1) is 0 Å². The van der Waals surface area contributed by atoms with E-state index in [2.05, 4.69) is 4.98 Å². The molecule has 1 aromatic heterocycles. The maximum atomic E-state index is 13.3. The van der Waals surface area contributed by atoms with E-state index in [1.807, 2.05) is 0 Å². The van der Waals surface area contributed by atoms with Crippen LogP contribution >= 0.6 is 11.6 Å². The van der Waals surface area contributed by atoms with Crippen molar-refractivity contribution < 1.29 is 9.50 Å². The summed E-state index contributed by atoms with van der Waals surface area (Å²) in [5.74, 6) is -0.560. The largest absolute Gasteiger partial charge is 0.507 e. The van der Waals surface area contributed by atoms with Crippen LogP contribution in [-0.4, -0.2) is 10.1 Å². The van der Waals surface area contributed by atoms with Gasteiger partial charge in [-0.3, -0.25) is 4.98 Å². The first kappa shape index (κ1) is 9.93. The van der Waals surface area contributed by atoms with Crippen LogP contribution in [0.25, 0.3) is 11.3 Å². The van der Waals surface area contributed by atoms with E-state index in [0.29, 0.717) is 10.6 Å². The molecule has 1 heterocycles. The van der Waals surface area contributed by atoms with Gasteiger partial charge in [0, 0.05) is 16.8 Å². The summed E-state index contributed by atoms with van der Waals surface area (Å²) in [6, 6.07) is 7.24. The van der Waals surface area contributed by atoms with Gasteiger partial charge in [-0.15, -0.1) is 0 Å². The second kappa shape index (κ2) is 3.87. The second-order valence-corrected chi connectivity index (χ2v) is 3.43. The first-order chi connectivity index (χ1) is 7.18. The minimum Gasteiger partial charge on any atom is -0.507 e. The summed E-state index contributed by atoms with van der Waals surface area (Å²) in [5.41, 5.74) is 0.448. The van der Waals surface area contributed by atoms with Crippen molar-refractivity contribution in [2.45, 2.75) is 0 Å². The monoisotopic (exact) mass is 223 g/mol. The number of benzene rings is 1. The molecule has 4 heteroatoms. The minimum absolute atomic E-state index is 0.0832. The number of nitrogens with zero attached hydrogens (tertiary/aromatic N) is 1. The van der Waals surface area contributed by atoms with Gasteiger partial charge in [0.15, 0.2) is 0 Å². The molecule has 2 aromatic rings. The van der Waals surface area contributed by atoms with Gasteiger partial charge in [0.25, 0.3) is 0 Å². The maximum Gasteiger partial charge on any atom is 0.149 e. The van der Waals surface area contributed by atoms with Crippen LogP contribution in [0.5, 0.6) is 5.75 Å². The van der Waals surface area contributed by atoms with Gasteiger partial charge in [-0.25, -0.2) is 4.39 Å². The van der Waals surface area contributed by atoms with Crippen LogP contribution in [0.1, 0.15) is 0 Å². The van der Waals surface area contributed by atoms with Crippen molar-refractivity contribution in [1.82, 2.24) is 4.98 Å². The van der Waals surface area contributed by atoms with E-state index in [4.69, 9.17) is 11.6 Å². The Balaban J connectivity index is 2.60. The minimum atomic E-state index is -0.477. The Hall–Kier alpha value is -1.61. The highest BCUT2D eigenvalue weighted by atomic mass is 35.5. The summed E-state index contributed by atoms with van der Waals surface area (Å²) in [6.45, 7) is 0. The highest BCUT2D eigenvalue weighted by molar-refractivity contribution is 6.30. The summed E-state index contributed by atoms with van der Waals surface area (Å²) >= 11 is 5.67. The standard InChI is InChI=1S/C11H7ClFNO/c12-7-3-4-8(10(15)6-7)11-9(13)2-1-5-14-11/h1-6,15H. The number of phenolic OH excluding ortho intramolecular Hbond substituents is 1. The first-order valence-electron chi connectivity index (χ1n) is 4.28. The number of hydrogen-bond acceptors (Lipinski definition) is 2. The third-order valence-electron chi connectivity index (χ3n) is 1.97. The predicted octanol–water partition coefficient (Wildman–Crippen LogP) is 3.25. The molecule has 1 N–H and O–H groups in total. The van der Waals surface area contributed by atoms with E-state index in [9.17, 15) is 9.50 Å². The Kier molecular flexibility index (Phi) is 2.56. The number of aromatic hydroxyl groups is 1. The zero-order valence-electron chi connectivity index (χ0n) is 7.61. The summed E-state index contributed by atoms with van der Waals surface area (Å²) < 4.78 is 13.3. The van der Waals surface area contributed by atoms with E-state index in [1.54, 1.807) is 6.07 Å². The number of hydrogen-bond donors (Lipinski definition) is 1. The van der Waals surface area contributed by atoms with Crippen LogP contribution in [0.4, 0.5) is 4.39 Å². The van der Waals surface area contributed by atoms with Crippen molar-refractivity contribution in [3.63, 3.8) is 0 Å². The molecule has 0 fully saturated rings. The van der Waals surface area contributed by atoms with Crippen molar-refractivity contribution in [2.75, 3.05) is 0 Å². The Bertz CT molecular complexity index is 502. The molecule has 0 unspecified atom stereocenters. The van der Waals surface area contributed by atoms with E-state index >= 15 is 0 Å². The van der Waals surface area contributed by atoms with Crippen molar-refractivity contribution >= 4 is 11.6 Å². The van der Waals surface area contributed by atoms with Gasteiger partial charge in [-0.05, 0) is 30.3 Å². The average Bonchev–Trinajstić information content (AvgIpc) is 2.20. The highest BCUT2D eigenvalue weighted by Crippen LogP contribution is 2.31. The SMILES string of the molecule is Oc1cc(Cl)ccc1-c1ncccc1F. The highest BCUT2D eigenvalue weighted by Gasteiger charge is 2.10. The van der Waals surface area contributed by atoms with E-state index < -0.39 is 5.82 Å². The van der Waals surface area contributed by atoms with Crippen LogP contribution < -0.4 is 0 Å². The lowest BCUT2D eigenvalue weighted by Gasteiger charge is -2.04. The molecule has 2 rings (SSSR count). The second-order valence-electron chi connectivity index (χ2n) is 3.00. The third-order valence-corrected chi connectivity index (χ3v) is 2.21. The van der Waals surface area contributed by atoms with E-state index in [1.165, 1.54) is 30.5 Å². The van der Waals surface area contributed by atoms with Gasteiger partial charge in [0.2, 0.25) is 0 Å². The maximum absolute atomic E-state index is 13.3. The lowest BCUT2D eigenvalue weighted by atomic mass is 10.1. The van der Waals surface area contributed by atoms with Crippen LogP contribution in [0.3, 0.4) is 0 Å². The molecule has 0 amide bonds. The molecule has 0 aliphatic heterocycles. The molecule has 15 heavy (non-hydrogen) atoms. The zero-order valence-corrected chi connectivity index (χ0v) is 8.37. The number of pyridine rings is 1. The van der Waals surface area contributed by atoms with Gasteiger partial charge in [0.1, 0.15) is 17.3 Å². The normalized spacial score (nSPS) is 10.3. The molecule has 0 spiro atoms. The molecule has 0 saturated heterocycles. The van der Waals surface area contributed by atoms with E-state index in [-0.39, 0.29) is 11.4 Å². The molecule has 0 bridgehead atoms. The quantitative estimate of drug-likeness (QED) is 0.805. The van der Waals surface area contributed by atoms with Crippen molar-refractivity contribution in [3.8, 4) is 17.0 Å². The van der Waals surface area contributed by atoms with Crippen LogP contribution in [0.15, 0.2) is 36.5 Å². The van der Waals surface area contributed by atoms with Gasteiger partial charge >= 0.3 is 0 Å². The summed E-state index contributed by atoms with van der Waals surface area (Å²) in [4.78, 5) is 3.86. The lowest BCUT2D eigenvalue weighted by molar-refractivity contribution is 0.476. The fraction of sp³-hybridized carbons (Fsp3) is 0. The van der Waals surface area contributed by atoms with Gasteiger partial charge < -0.3 is 5.11 Å². The fourth-order valence-electron chi connectivity index (χ4n) is 1.29. The molecule has 0 saturated carbocycles. The van der Waals surface area contributed by atoms with Gasteiger partial charge in [-0.1, -0.05) is 11.6 Å². The van der Waals surface area contributed by atoms with Crippen molar-refractivity contribution in [1.29, 1.82) is 0 Å². The average molecular weight is 224 g/mol. The van der Waals surface area contributed by atoms with Crippen molar-refractivity contribution in [3.05, 3.63) is 47.4 Å². The molecule has 0 aliphatic carbocycles. The fourth-order valence-corrected chi connectivity index (χ4v) is 1.46. The topological polar surface area (TPSA) is 33.1 Å².